The lowest BCUT2D eigenvalue weighted by molar-refractivity contribution is 0.197. The molecule has 1 N–H and O–H groups in total. The highest BCUT2D eigenvalue weighted by Crippen LogP contribution is 2.10. The lowest BCUT2D eigenvalue weighted by Crippen LogP contribution is -2.32. The minimum absolute atomic E-state index is 0.793. The molecule has 1 aliphatic heterocycles. The molecule has 1 aromatic heterocycles. The molecule has 1 saturated heterocycles. The largest absolute Gasteiger partial charge is 0.385 e. The van der Waals surface area contributed by atoms with Crippen molar-refractivity contribution in [1.82, 2.24) is 14.5 Å². The van der Waals surface area contributed by atoms with E-state index in [1.165, 1.54) is 32.4 Å². The van der Waals surface area contributed by atoms with Gasteiger partial charge < -0.3 is 19.5 Å². The zero-order chi connectivity index (χ0) is 13.3. The number of likely N-dealkylation sites (tertiary alicyclic amines) is 1. The van der Waals surface area contributed by atoms with Crippen molar-refractivity contribution in [3.63, 3.8) is 0 Å². The molecule has 5 heteroatoms. The number of imidazole rings is 1. The van der Waals surface area contributed by atoms with Crippen LogP contribution in [0.2, 0.25) is 0 Å². The van der Waals surface area contributed by atoms with E-state index >= 15 is 0 Å². The van der Waals surface area contributed by atoms with E-state index in [1.54, 1.807) is 7.11 Å². The van der Waals surface area contributed by atoms with E-state index in [2.05, 4.69) is 26.0 Å². The molecule has 0 spiro atoms. The third-order valence-electron chi connectivity index (χ3n) is 3.63. The monoisotopic (exact) mass is 266 g/mol. The highest BCUT2D eigenvalue weighted by atomic mass is 16.5. The average Bonchev–Trinajstić information content (AvgIpc) is 2.90. The first-order valence-corrected chi connectivity index (χ1v) is 7.36. The van der Waals surface area contributed by atoms with Crippen LogP contribution in [0.15, 0.2) is 12.4 Å². The van der Waals surface area contributed by atoms with Gasteiger partial charge in [0.15, 0.2) is 0 Å². The fourth-order valence-electron chi connectivity index (χ4n) is 2.51. The normalized spacial score (nSPS) is 16.7. The Balaban J connectivity index is 1.72. The smallest absolute Gasteiger partial charge is 0.202 e. The van der Waals surface area contributed by atoms with Gasteiger partial charge in [0, 0.05) is 45.7 Å². The molecule has 0 amide bonds. The maximum absolute atomic E-state index is 5.04. The Morgan fingerprint density at radius 2 is 2.11 bits per heavy atom. The van der Waals surface area contributed by atoms with Gasteiger partial charge >= 0.3 is 0 Å². The maximum atomic E-state index is 5.04. The molecule has 2 heterocycles. The summed E-state index contributed by atoms with van der Waals surface area (Å²) in [5.74, 6) is 0.980. The van der Waals surface area contributed by atoms with Gasteiger partial charge in [-0.2, -0.15) is 0 Å². The fourth-order valence-corrected chi connectivity index (χ4v) is 2.51. The zero-order valence-electron chi connectivity index (χ0n) is 12.0. The molecule has 0 unspecified atom stereocenters. The van der Waals surface area contributed by atoms with Crippen LogP contribution in [0.3, 0.4) is 0 Å². The summed E-state index contributed by atoms with van der Waals surface area (Å²) in [4.78, 5) is 6.92. The number of ether oxygens (including phenoxy) is 1. The highest BCUT2D eigenvalue weighted by Gasteiger charge is 2.10. The van der Waals surface area contributed by atoms with E-state index in [4.69, 9.17) is 4.74 Å². The standard InChI is InChI=1S/C14H26N4O/c1-19-13-5-6-15-14-16-7-10-18(14)12-11-17-8-3-2-4-9-17/h7,10H,2-6,8-9,11-13H2,1H3,(H,15,16). The van der Waals surface area contributed by atoms with Gasteiger partial charge in [-0.05, 0) is 32.4 Å². The summed E-state index contributed by atoms with van der Waals surface area (Å²) in [5, 5.41) is 3.37. The third kappa shape index (κ3) is 4.84. The highest BCUT2D eigenvalue weighted by molar-refractivity contribution is 5.25. The molecular weight excluding hydrogens is 240 g/mol. The van der Waals surface area contributed by atoms with Crippen LogP contribution in [-0.4, -0.2) is 54.3 Å². The van der Waals surface area contributed by atoms with Gasteiger partial charge in [-0.1, -0.05) is 6.42 Å². The van der Waals surface area contributed by atoms with Crippen LogP contribution in [0.25, 0.3) is 0 Å². The van der Waals surface area contributed by atoms with Gasteiger partial charge in [-0.3, -0.25) is 0 Å². The van der Waals surface area contributed by atoms with Crippen molar-refractivity contribution >= 4 is 5.95 Å². The summed E-state index contributed by atoms with van der Waals surface area (Å²) < 4.78 is 7.25. The minimum Gasteiger partial charge on any atom is -0.385 e. The van der Waals surface area contributed by atoms with Crippen molar-refractivity contribution in [2.24, 2.45) is 0 Å². The zero-order valence-corrected chi connectivity index (χ0v) is 12.0. The molecule has 1 fully saturated rings. The number of rotatable bonds is 8. The number of nitrogens with zero attached hydrogens (tertiary/aromatic N) is 3. The first kappa shape index (κ1) is 14.3. The van der Waals surface area contributed by atoms with E-state index in [0.717, 1.165) is 38.6 Å². The van der Waals surface area contributed by atoms with Crippen molar-refractivity contribution in [3.05, 3.63) is 12.4 Å². The van der Waals surface area contributed by atoms with Crippen LogP contribution in [0.4, 0.5) is 5.95 Å². The number of aromatic nitrogens is 2. The molecule has 5 nitrogen and oxygen atoms in total. The molecule has 19 heavy (non-hydrogen) atoms. The molecule has 0 radical (unpaired) electrons. The van der Waals surface area contributed by atoms with Crippen LogP contribution in [-0.2, 0) is 11.3 Å². The van der Waals surface area contributed by atoms with Crippen LogP contribution in [0, 0.1) is 0 Å². The molecule has 0 bridgehead atoms. The molecule has 2 rings (SSSR count). The SMILES string of the molecule is COCCCNc1nccn1CCN1CCCCC1. The summed E-state index contributed by atoms with van der Waals surface area (Å²) in [7, 11) is 1.74. The van der Waals surface area contributed by atoms with Crippen LogP contribution in [0.1, 0.15) is 25.7 Å². The molecule has 1 aromatic rings. The number of nitrogens with one attached hydrogen (secondary N) is 1. The van der Waals surface area contributed by atoms with E-state index in [9.17, 15) is 0 Å². The Bertz CT molecular complexity index is 347. The number of piperidine rings is 1. The predicted octanol–water partition coefficient (Wildman–Crippen LogP) is 1.82. The quantitative estimate of drug-likeness (QED) is 0.729. The Morgan fingerprint density at radius 1 is 1.26 bits per heavy atom. The number of anilines is 1. The Morgan fingerprint density at radius 3 is 2.89 bits per heavy atom. The summed E-state index contributed by atoms with van der Waals surface area (Å²) in [5.41, 5.74) is 0. The molecule has 0 atom stereocenters. The van der Waals surface area contributed by atoms with Crippen molar-refractivity contribution in [1.29, 1.82) is 0 Å². The Labute approximate surface area is 116 Å². The number of hydrogen-bond acceptors (Lipinski definition) is 4. The molecular formula is C14H26N4O. The van der Waals surface area contributed by atoms with Gasteiger partial charge in [0.2, 0.25) is 5.95 Å². The maximum Gasteiger partial charge on any atom is 0.202 e. The Kier molecular flexibility index (Phi) is 6.17. The fraction of sp³-hybridized carbons (Fsp3) is 0.786. The summed E-state index contributed by atoms with van der Waals surface area (Å²) in [6.45, 7) is 6.36. The topological polar surface area (TPSA) is 42.3 Å². The first-order chi connectivity index (χ1) is 9.40. The number of methoxy groups -OCH3 is 1. The van der Waals surface area contributed by atoms with E-state index in [-0.39, 0.29) is 0 Å². The summed E-state index contributed by atoms with van der Waals surface area (Å²) in [6, 6.07) is 0. The summed E-state index contributed by atoms with van der Waals surface area (Å²) in [6.07, 6.45) is 9.04. The number of hydrogen-bond donors (Lipinski definition) is 1. The van der Waals surface area contributed by atoms with Gasteiger partial charge in [0.25, 0.3) is 0 Å². The lowest BCUT2D eigenvalue weighted by atomic mass is 10.1. The molecule has 108 valence electrons. The van der Waals surface area contributed by atoms with Crippen molar-refractivity contribution in [3.8, 4) is 0 Å². The van der Waals surface area contributed by atoms with Gasteiger partial charge in [0.1, 0.15) is 0 Å². The van der Waals surface area contributed by atoms with Crippen LogP contribution >= 0.6 is 0 Å². The second-order valence-electron chi connectivity index (χ2n) is 5.12. The lowest BCUT2D eigenvalue weighted by Gasteiger charge is -2.26. The van der Waals surface area contributed by atoms with E-state index in [1.807, 2.05) is 6.20 Å². The average molecular weight is 266 g/mol. The third-order valence-corrected chi connectivity index (χ3v) is 3.63. The Hall–Kier alpha value is -1.07. The van der Waals surface area contributed by atoms with E-state index < -0.39 is 0 Å². The summed E-state index contributed by atoms with van der Waals surface area (Å²) >= 11 is 0. The van der Waals surface area contributed by atoms with Gasteiger partial charge in [-0.25, -0.2) is 4.98 Å². The molecule has 1 aliphatic rings. The van der Waals surface area contributed by atoms with Gasteiger partial charge in [-0.15, -0.1) is 0 Å². The van der Waals surface area contributed by atoms with Crippen molar-refractivity contribution < 1.29 is 4.74 Å². The molecule has 0 aliphatic carbocycles. The van der Waals surface area contributed by atoms with Crippen LogP contribution < -0.4 is 5.32 Å². The van der Waals surface area contributed by atoms with Crippen molar-refractivity contribution in [2.45, 2.75) is 32.2 Å². The molecule has 0 saturated carbocycles. The van der Waals surface area contributed by atoms with Crippen LogP contribution in [0.5, 0.6) is 0 Å². The van der Waals surface area contributed by atoms with Crippen molar-refractivity contribution in [2.75, 3.05) is 45.2 Å². The second-order valence-corrected chi connectivity index (χ2v) is 5.12. The first-order valence-electron chi connectivity index (χ1n) is 7.36. The predicted molar refractivity (Wildman–Crippen MR) is 77.5 cm³/mol. The second kappa shape index (κ2) is 8.17. The minimum atomic E-state index is 0.793. The molecule has 0 aromatic carbocycles. The van der Waals surface area contributed by atoms with Gasteiger partial charge in [0.05, 0.1) is 0 Å². The van der Waals surface area contributed by atoms with E-state index in [0.29, 0.717) is 0 Å².